The Hall–Kier alpha value is -5.70. The molecule has 8 aromatic carbocycles. The van der Waals surface area contributed by atoms with Crippen LogP contribution in [0.25, 0.3) is 64.0 Å². The quantitative estimate of drug-likeness (QED) is 0.184. The molecule has 0 saturated carbocycles. The molecule has 9 aromatic rings. The zero-order chi connectivity index (χ0) is 32.7. The lowest BCUT2D eigenvalue weighted by Gasteiger charge is -2.28. The predicted octanol–water partition coefficient (Wildman–Crippen LogP) is 13.8. The van der Waals surface area contributed by atoms with Crippen LogP contribution in [0.3, 0.4) is 0 Å². The van der Waals surface area contributed by atoms with Crippen LogP contribution in [-0.2, 0) is 5.41 Å². The van der Waals surface area contributed by atoms with E-state index >= 15 is 0 Å². The van der Waals surface area contributed by atoms with E-state index in [0.29, 0.717) is 0 Å². The molecule has 0 aliphatic heterocycles. The number of thiophene rings is 1. The van der Waals surface area contributed by atoms with E-state index in [4.69, 9.17) is 0 Å². The van der Waals surface area contributed by atoms with Crippen LogP contribution in [0.1, 0.15) is 25.0 Å². The molecular weight excluding hydrogens is 611 g/mol. The molecule has 232 valence electrons. The maximum atomic E-state index is 2.44. The van der Waals surface area contributed by atoms with E-state index in [-0.39, 0.29) is 5.41 Å². The summed E-state index contributed by atoms with van der Waals surface area (Å²) in [6.45, 7) is 4.72. The number of rotatable bonds is 4. The Morgan fingerprint density at radius 1 is 0.429 bits per heavy atom. The van der Waals surface area contributed by atoms with Crippen molar-refractivity contribution >= 4 is 70.1 Å². The van der Waals surface area contributed by atoms with Crippen LogP contribution < -0.4 is 4.90 Å². The molecule has 2 heteroatoms. The second-order valence-electron chi connectivity index (χ2n) is 13.8. The summed E-state index contributed by atoms with van der Waals surface area (Å²) in [5.74, 6) is 0. The third-order valence-electron chi connectivity index (χ3n) is 10.7. The van der Waals surface area contributed by atoms with Crippen molar-refractivity contribution in [3.8, 4) is 22.3 Å². The smallest absolute Gasteiger partial charge is 0.0468 e. The normalized spacial score (nSPS) is 13.3. The second kappa shape index (κ2) is 10.7. The largest absolute Gasteiger partial charge is 0.310 e. The average molecular weight is 644 g/mol. The van der Waals surface area contributed by atoms with Crippen molar-refractivity contribution in [2.75, 3.05) is 4.90 Å². The average Bonchev–Trinajstić information content (AvgIpc) is 3.64. The molecule has 0 N–H and O–H groups in total. The molecule has 0 saturated heterocycles. The first kappa shape index (κ1) is 28.3. The predicted molar refractivity (Wildman–Crippen MR) is 212 cm³/mol. The lowest BCUT2D eigenvalue weighted by molar-refractivity contribution is 0.660. The van der Waals surface area contributed by atoms with Gasteiger partial charge in [0.25, 0.3) is 0 Å². The maximum Gasteiger partial charge on any atom is 0.0468 e. The zero-order valence-electron chi connectivity index (χ0n) is 27.4. The van der Waals surface area contributed by atoms with Gasteiger partial charge in [-0.2, -0.15) is 0 Å². The highest BCUT2D eigenvalue weighted by Crippen LogP contribution is 2.51. The third-order valence-corrected chi connectivity index (χ3v) is 11.9. The van der Waals surface area contributed by atoms with Crippen LogP contribution in [0.2, 0.25) is 0 Å². The van der Waals surface area contributed by atoms with Gasteiger partial charge in [-0.15, -0.1) is 11.3 Å². The summed E-state index contributed by atoms with van der Waals surface area (Å²) < 4.78 is 2.68. The highest BCUT2D eigenvalue weighted by atomic mass is 32.1. The fraction of sp³-hybridized carbons (Fsp3) is 0.0638. The molecule has 1 heterocycles. The molecular formula is C47H33NS. The maximum absolute atomic E-state index is 2.44. The van der Waals surface area contributed by atoms with E-state index in [0.717, 1.165) is 11.4 Å². The van der Waals surface area contributed by atoms with Crippen LogP contribution >= 0.6 is 11.3 Å². The van der Waals surface area contributed by atoms with Gasteiger partial charge >= 0.3 is 0 Å². The molecule has 0 amide bonds. The first-order chi connectivity index (χ1) is 24.0. The minimum Gasteiger partial charge on any atom is -0.310 e. The van der Waals surface area contributed by atoms with Crippen LogP contribution in [0, 0.1) is 0 Å². The summed E-state index contributed by atoms with van der Waals surface area (Å²) in [5.41, 5.74) is 11.3. The molecule has 0 atom stereocenters. The molecule has 49 heavy (non-hydrogen) atoms. The first-order valence-electron chi connectivity index (χ1n) is 17.0. The second-order valence-corrected chi connectivity index (χ2v) is 14.8. The number of hydrogen-bond acceptors (Lipinski definition) is 2. The van der Waals surface area contributed by atoms with E-state index in [2.05, 4.69) is 183 Å². The van der Waals surface area contributed by atoms with Crippen molar-refractivity contribution < 1.29 is 0 Å². The molecule has 0 spiro atoms. The Morgan fingerprint density at radius 3 is 1.96 bits per heavy atom. The molecule has 0 radical (unpaired) electrons. The highest BCUT2D eigenvalue weighted by Gasteiger charge is 2.35. The van der Waals surface area contributed by atoms with Gasteiger partial charge < -0.3 is 4.90 Å². The van der Waals surface area contributed by atoms with Crippen molar-refractivity contribution in [2.45, 2.75) is 19.3 Å². The third kappa shape index (κ3) is 4.31. The Kier molecular flexibility index (Phi) is 6.16. The van der Waals surface area contributed by atoms with Gasteiger partial charge in [0.05, 0.1) is 0 Å². The first-order valence-corrected chi connectivity index (χ1v) is 17.8. The van der Waals surface area contributed by atoms with E-state index in [1.165, 1.54) is 80.8 Å². The Labute approximate surface area is 290 Å². The van der Waals surface area contributed by atoms with E-state index < -0.39 is 0 Å². The van der Waals surface area contributed by atoms with Gasteiger partial charge in [-0.05, 0) is 92.0 Å². The van der Waals surface area contributed by atoms with Crippen molar-refractivity contribution in [2.24, 2.45) is 0 Å². The standard InChI is InChI=1S/C47H33NS/c1-47(2)43-16-7-5-13-38(43)39-27-25-35(29-44(39)47)48(33-22-18-31(19-23-33)37-15-9-11-30-10-3-4-12-36(30)37)34-24-20-32-21-26-41-40-14-6-8-17-45(40)49-46(41)42(32)28-34/h3-29H,1-2H3. The molecule has 1 aliphatic rings. The number of nitrogens with zero attached hydrogens (tertiary/aromatic N) is 1. The summed E-state index contributed by atoms with van der Waals surface area (Å²) in [5, 5.41) is 7.75. The van der Waals surface area contributed by atoms with Gasteiger partial charge in [0.1, 0.15) is 0 Å². The number of anilines is 3. The number of fused-ring (bicyclic) bond motifs is 9. The fourth-order valence-electron chi connectivity index (χ4n) is 8.18. The molecule has 1 aliphatic carbocycles. The minimum absolute atomic E-state index is 0.0849. The van der Waals surface area contributed by atoms with E-state index in [1.54, 1.807) is 0 Å². The van der Waals surface area contributed by atoms with Gasteiger partial charge in [0.15, 0.2) is 0 Å². The van der Waals surface area contributed by atoms with E-state index in [1.807, 2.05) is 11.3 Å². The number of hydrogen-bond donors (Lipinski definition) is 0. The lowest BCUT2D eigenvalue weighted by Crippen LogP contribution is -2.16. The minimum atomic E-state index is -0.0849. The molecule has 0 fully saturated rings. The Bertz CT molecular complexity index is 2740. The highest BCUT2D eigenvalue weighted by molar-refractivity contribution is 7.26. The van der Waals surface area contributed by atoms with Crippen LogP contribution in [0.4, 0.5) is 17.1 Å². The van der Waals surface area contributed by atoms with Gasteiger partial charge in [-0.3, -0.25) is 0 Å². The molecule has 0 unspecified atom stereocenters. The summed E-state index contributed by atoms with van der Waals surface area (Å²) in [7, 11) is 0. The van der Waals surface area contributed by atoms with Crippen molar-refractivity contribution in [1.29, 1.82) is 0 Å². The topological polar surface area (TPSA) is 3.24 Å². The summed E-state index contributed by atoms with van der Waals surface area (Å²) in [6.07, 6.45) is 0. The lowest BCUT2D eigenvalue weighted by atomic mass is 9.82. The van der Waals surface area contributed by atoms with Crippen molar-refractivity contribution in [1.82, 2.24) is 0 Å². The molecule has 1 aromatic heterocycles. The Balaban J connectivity index is 1.17. The van der Waals surface area contributed by atoms with Gasteiger partial charge in [-0.25, -0.2) is 0 Å². The van der Waals surface area contributed by atoms with E-state index in [9.17, 15) is 0 Å². The van der Waals surface area contributed by atoms with Crippen LogP contribution in [0.5, 0.6) is 0 Å². The van der Waals surface area contributed by atoms with Crippen LogP contribution in [-0.4, -0.2) is 0 Å². The summed E-state index contributed by atoms with van der Waals surface area (Å²) in [6, 6.07) is 60.6. The van der Waals surface area contributed by atoms with Gasteiger partial charge in [0.2, 0.25) is 0 Å². The number of benzene rings is 8. The summed E-state index contributed by atoms with van der Waals surface area (Å²) >= 11 is 1.89. The molecule has 1 nitrogen and oxygen atoms in total. The SMILES string of the molecule is CC1(C)c2ccccc2-c2ccc(N(c3ccc(-c4cccc5ccccc45)cc3)c3ccc4ccc5c6ccccc6sc5c4c3)cc21. The van der Waals surface area contributed by atoms with Crippen molar-refractivity contribution in [3.63, 3.8) is 0 Å². The van der Waals surface area contributed by atoms with Crippen molar-refractivity contribution in [3.05, 3.63) is 175 Å². The molecule has 10 rings (SSSR count). The monoisotopic (exact) mass is 643 g/mol. The van der Waals surface area contributed by atoms with Crippen LogP contribution in [0.15, 0.2) is 164 Å². The van der Waals surface area contributed by atoms with Gasteiger partial charge in [-0.1, -0.05) is 135 Å². The van der Waals surface area contributed by atoms with Gasteiger partial charge in [0, 0.05) is 48.0 Å². The molecule has 0 bridgehead atoms. The zero-order valence-corrected chi connectivity index (χ0v) is 28.3. The summed E-state index contributed by atoms with van der Waals surface area (Å²) in [4.78, 5) is 2.44. The fourth-order valence-corrected chi connectivity index (χ4v) is 9.40. The Morgan fingerprint density at radius 2 is 1.06 bits per heavy atom.